The van der Waals surface area contributed by atoms with Crippen LogP contribution >= 0.6 is 7.14 Å². The zero-order chi connectivity index (χ0) is 8.65. The Morgan fingerprint density at radius 3 is 2.36 bits per heavy atom. The molecule has 0 aliphatic carbocycles. The third-order valence-electron chi connectivity index (χ3n) is 1.44. The number of nitrogen functional groups attached to an aromatic ring is 1. The molecule has 4 nitrogen and oxygen atoms in total. The molecule has 0 aliphatic heterocycles. The fourth-order valence-electron chi connectivity index (χ4n) is 1.11. The molecule has 0 aliphatic rings. The van der Waals surface area contributed by atoms with Gasteiger partial charge >= 0.3 is 0 Å². The smallest absolute Gasteiger partial charge is 0.129 e. The van der Waals surface area contributed by atoms with Gasteiger partial charge in [0.1, 0.15) is 12.6 Å². The maximum atomic E-state index is 11.6. The molecule has 0 spiro atoms. The van der Waals surface area contributed by atoms with Gasteiger partial charge in [-0.2, -0.15) is 5.10 Å². The molecule has 2 N–H and O–H groups in total. The molecular formula is C6H12N3OP. The van der Waals surface area contributed by atoms with Crippen molar-refractivity contribution >= 4 is 18.3 Å². The molecule has 1 heterocycles. The summed E-state index contributed by atoms with van der Waals surface area (Å²) in [7, 11) is -0.529. The minimum absolute atomic E-state index is 0.515. The minimum Gasteiger partial charge on any atom is -0.396 e. The molecule has 1 rings (SSSR count). The first-order chi connectivity index (χ1) is 4.93. The van der Waals surface area contributed by atoms with Gasteiger partial charge in [0.05, 0.1) is 11.9 Å². The highest BCUT2D eigenvalue weighted by atomic mass is 31.2. The van der Waals surface area contributed by atoms with E-state index >= 15 is 0 Å². The molecule has 1 aromatic rings. The summed E-state index contributed by atoms with van der Waals surface area (Å²) >= 11 is 0. The number of hydrogen-bond acceptors (Lipinski definition) is 3. The van der Waals surface area contributed by atoms with Gasteiger partial charge < -0.3 is 10.3 Å². The summed E-state index contributed by atoms with van der Waals surface area (Å²) in [5, 5.41) is 3.90. The molecule has 0 saturated heterocycles. The van der Waals surface area contributed by atoms with Crippen LogP contribution in [0.1, 0.15) is 0 Å². The normalized spacial score (nSPS) is 11.9. The van der Waals surface area contributed by atoms with Crippen LogP contribution in [0.2, 0.25) is 0 Å². The molecule has 0 amide bonds. The monoisotopic (exact) mass is 173 g/mol. The Morgan fingerprint density at radius 1 is 1.64 bits per heavy atom. The predicted octanol–water partition coefficient (Wildman–Crippen LogP) is 0.250. The van der Waals surface area contributed by atoms with Gasteiger partial charge in [-0.15, -0.1) is 0 Å². The van der Waals surface area contributed by atoms with Gasteiger partial charge in [-0.05, 0) is 13.3 Å². The fraction of sp³-hybridized carbons (Fsp3) is 0.500. The van der Waals surface area contributed by atoms with Crippen LogP contribution < -0.4 is 11.2 Å². The number of anilines is 1. The van der Waals surface area contributed by atoms with Crippen molar-refractivity contribution in [2.75, 3.05) is 19.1 Å². The number of aromatic nitrogens is 2. The average molecular weight is 173 g/mol. The van der Waals surface area contributed by atoms with Gasteiger partial charge in [0.25, 0.3) is 0 Å². The minimum atomic E-state index is -2.27. The summed E-state index contributed by atoms with van der Waals surface area (Å²) in [6.07, 6.45) is 1.52. The van der Waals surface area contributed by atoms with Crippen molar-refractivity contribution in [3.05, 3.63) is 6.20 Å². The van der Waals surface area contributed by atoms with E-state index in [2.05, 4.69) is 5.10 Å². The van der Waals surface area contributed by atoms with Crippen LogP contribution in [-0.4, -0.2) is 23.1 Å². The fourth-order valence-corrected chi connectivity index (χ4v) is 2.54. The van der Waals surface area contributed by atoms with Gasteiger partial charge in [-0.3, -0.25) is 4.68 Å². The lowest BCUT2D eigenvalue weighted by molar-refractivity contribution is 0.586. The second-order valence-corrected chi connectivity index (χ2v) is 6.02. The van der Waals surface area contributed by atoms with Gasteiger partial charge in [-0.1, -0.05) is 0 Å². The molecule has 0 aromatic carbocycles. The quantitative estimate of drug-likeness (QED) is 0.619. The Morgan fingerprint density at radius 2 is 2.18 bits per heavy atom. The third-order valence-corrected chi connectivity index (χ3v) is 3.01. The first-order valence-corrected chi connectivity index (χ1v) is 5.86. The van der Waals surface area contributed by atoms with E-state index < -0.39 is 7.14 Å². The van der Waals surface area contributed by atoms with Crippen LogP contribution in [0.3, 0.4) is 0 Å². The lowest BCUT2D eigenvalue weighted by Crippen LogP contribution is -2.17. The van der Waals surface area contributed by atoms with Crippen LogP contribution in [0.5, 0.6) is 0 Å². The largest absolute Gasteiger partial charge is 0.396 e. The second kappa shape index (κ2) is 2.38. The number of nitrogens with zero attached hydrogens (tertiary/aromatic N) is 2. The molecule has 0 unspecified atom stereocenters. The van der Waals surface area contributed by atoms with Crippen molar-refractivity contribution in [3.63, 3.8) is 0 Å². The van der Waals surface area contributed by atoms with E-state index in [1.807, 2.05) is 0 Å². The van der Waals surface area contributed by atoms with E-state index in [-0.39, 0.29) is 0 Å². The highest BCUT2D eigenvalue weighted by molar-refractivity contribution is 7.70. The Balaban J connectivity index is 3.33. The van der Waals surface area contributed by atoms with E-state index in [0.717, 1.165) is 0 Å². The van der Waals surface area contributed by atoms with Crippen LogP contribution in [0.15, 0.2) is 6.20 Å². The van der Waals surface area contributed by atoms with Crippen molar-refractivity contribution in [1.29, 1.82) is 0 Å². The lowest BCUT2D eigenvalue weighted by atomic mass is 10.6. The standard InChI is InChI=1S/C6H12N3OP/c1-9-6(11(2,3)10)5(7)4-8-9/h4H,7H2,1-3H3. The average Bonchev–Trinajstić information content (AvgIpc) is 2.08. The van der Waals surface area contributed by atoms with Crippen LogP contribution in [0.4, 0.5) is 5.69 Å². The topological polar surface area (TPSA) is 60.9 Å². The first kappa shape index (κ1) is 8.34. The highest BCUT2D eigenvalue weighted by Gasteiger charge is 2.18. The Labute approximate surface area is 65.8 Å². The summed E-state index contributed by atoms with van der Waals surface area (Å²) in [6.45, 7) is 3.36. The molecule has 1 aromatic heterocycles. The molecular weight excluding hydrogens is 161 g/mol. The van der Waals surface area contributed by atoms with E-state index in [4.69, 9.17) is 5.73 Å². The molecule has 62 valence electrons. The van der Waals surface area contributed by atoms with Crippen molar-refractivity contribution in [3.8, 4) is 0 Å². The van der Waals surface area contributed by atoms with E-state index in [1.54, 1.807) is 25.1 Å². The molecule has 0 fully saturated rings. The van der Waals surface area contributed by atoms with Crippen molar-refractivity contribution < 1.29 is 4.57 Å². The Hall–Kier alpha value is -0.760. The van der Waals surface area contributed by atoms with Gasteiger partial charge in [0, 0.05) is 7.05 Å². The van der Waals surface area contributed by atoms with Crippen LogP contribution in [0.25, 0.3) is 0 Å². The maximum Gasteiger partial charge on any atom is 0.129 e. The SMILES string of the molecule is Cn1ncc(N)c1P(C)(C)=O. The number of hydrogen-bond donors (Lipinski definition) is 1. The molecule has 5 heteroatoms. The first-order valence-electron chi connectivity index (χ1n) is 3.26. The number of nitrogens with two attached hydrogens (primary N) is 1. The molecule has 0 bridgehead atoms. The Bertz CT molecular complexity index is 292. The van der Waals surface area contributed by atoms with Crippen molar-refractivity contribution in [2.45, 2.75) is 0 Å². The van der Waals surface area contributed by atoms with E-state index in [0.29, 0.717) is 11.1 Å². The summed E-state index contributed by atoms with van der Waals surface area (Å²) in [5.74, 6) is 0. The second-order valence-electron chi connectivity index (χ2n) is 2.90. The number of rotatable bonds is 1. The number of aryl methyl sites for hydroxylation is 1. The third kappa shape index (κ3) is 1.46. The molecule has 0 saturated carbocycles. The van der Waals surface area contributed by atoms with E-state index in [1.165, 1.54) is 6.20 Å². The van der Waals surface area contributed by atoms with Crippen LogP contribution in [-0.2, 0) is 11.6 Å². The summed E-state index contributed by atoms with van der Waals surface area (Å²) < 4.78 is 13.1. The van der Waals surface area contributed by atoms with Crippen molar-refractivity contribution in [2.24, 2.45) is 7.05 Å². The Kier molecular flexibility index (Phi) is 1.80. The molecule has 11 heavy (non-hydrogen) atoms. The van der Waals surface area contributed by atoms with E-state index in [9.17, 15) is 4.57 Å². The zero-order valence-electron chi connectivity index (χ0n) is 6.90. The van der Waals surface area contributed by atoms with Crippen LogP contribution in [0, 0.1) is 0 Å². The predicted molar refractivity (Wildman–Crippen MR) is 46.7 cm³/mol. The highest BCUT2D eigenvalue weighted by Crippen LogP contribution is 2.36. The van der Waals surface area contributed by atoms with Crippen molar-refractivity contribution in [1.82, 2.24) is 9.78 Å². The zero-order valence-corrected chi connectivity index (χ0v) is 7.80. The summed E-state index contributed by atoms with van der Waals surface area (Å²) in [4.78, 5) is 0. The maximum absolute atomic E-state index is 11.6. The molecule has 0 atom stereocenters. The van der Waals surface area contributed by atoms with Gasteiger partial charge in [-0.25, -0.2) is 0 Å². The summed E-state index contributed by atoms with van der Waals surface area (Å²) in [5.41, 5.74) is 6.74. The summed E-state index contributed by atoms with van der Waals surface area (Å²) in [6, 6.07) is 0. The van der Waals surface area contributed by atoms with Gasteiger partial charge in [0.15, 0.2) is 0 Å². The molecule has 0 radical (unpaired) electrons. The van der Waals surface area contributed by atoms with Gasteiger partial charge in [0.2, 0.25) is 0 Å². The lowest BCUT2D eigenvalue weighted by Gasteiger charge is -2.07.